The number of aryl methyl sites for hydroxylation is 3. The van der Waals surface area contributed by atoms with E-state index >= 15 is 0 Å². The second-order valence-electron chi connectivity index (χ2n) is 7.46. The van der Waals surface area contributed by atoms with Crippen LogP contribution < -0.4 is 10.9 Å². The van der Waals surface area contributed by atoms with E-state index in [9.17, 15) is 9.59 Å². The maximum atomic E-state index is 13.0. The fraction of sp³-hybridized carbons (Fsp3) is 0.250. The first-order valence-corrected chi connectivity index (χ1v) is 10.4. The van der Waals surface area contributed by atoms with Crippen molar-refractivity contribution in [3.05, 3.63) is 82.0 Å². The molecule has 0 saturated carbocycles. The van der Waals surface area contributed by atoms with E-state index in [0.717, 1.165) is 40.9 Å². The fourth-order valence-electron chi connectivity index (χ4n) is 3.78. The molecule has 0 bridgehead atoms. The SMILES string of the molecule is CCc1cccc(CC)c1NC(=O)Cn1cnc2c(cnn2-c2ccccc2C)c1=O. The summed E-state index contributed by atoms with van der Waals surface area (Å²) in [5, 5.41) is 7.73. The van der Waals surface area contributed by atoms with Crippen LogP contribution in [0.4, 0.5) is 5.69 Å². The summed E-state index contributed by atoms with van der Waals surface area (Å²) < 4.78 is 2.98. The number of fused-ring (bicyclic) bond motifs is 1. The Morgan fingerprint density at radius 3 is 2.42 bits per heavy atom. The average Bonchev–Trinajstić information content (AvgIpc) is 3.21. The van der Waals surface area contributed by atoms with Crippen LogP contribution in [0.25, 0.3) is 16.7 Å². The molecule has 0 fully saturated rings. The first-order valence-electron chi connectivity index (χ1n) is 10.4. The lowest BCUT2D eigenvalue weighted by atomic mass is 10.0. The maximum absolute atomic E-state index is 13.0. The Hall–Kier alpha value is -3.74. The quantitative estimate of drug-likeness (QED) is 0.521. The maximum Gasteiger partial charge on any atom is 0.264 e. The van der Waals surface area contributed by atoms with Gasteiger partial charge in [-0.2, -0.15) is 5.10 Å². The normalized spacial score (nSPS) is 11.1. The van der Waals surface area contributed by atoms with Gasteiger partial charge in [0.05, 0.1) is 11.9 Å². The number of para-hydroxylation sites is 2. The van der Waals surface area contributed by atoms with Crippen molar-refractivity contribution in [2.24, 2.45) is 0 Å². The third-order valence-corrected chi connectivity index (χ3v) is 5.48. The van der Waals surface area contributed by atoms with Crippen LogP contribution in [0, 0.1) is 6.92 Å². The Morgan fingerprint density at radius 1 is 1.03 bits per heavy atom. The molecule has 2 aromatic heterocycles. The fourth-order valence-corrected chi connectivity index (χ4v) is 3.78. The van der Waals surface area contributed by atoms with E-state index in [1.807, 2.05) is 49.4 Å². The zero-order chi connectivity index (χ0) is 22.0. The number of amides is 1. The minimum absolute atomic E-state index is 0.113. The van der Waals surface area contributed by atoms with Gasteiger partial charge in [-0.1, -0.05) is 50.2 Å². The largest absolute Gasteiger partial charge is 0.324 e. The third kappa shape index (κ3) is 3.86. The Kier molecular flexibility index (Phi) is 5.66. The second-order valence-corrected chi connectivity index (χ2v) is 7.46. The molecular weight excluding hydrogens is 390 g/mol. The predicted octanol–water partition coefficient (Wildman–Crippen LogP) is 3.65. The molecule has 0 saturated heterocycles. The van der Waals surface area contributed by atoms with Crippen LogP contribution in [0.2, 0.25) is 0 Å². The lowest BCUT2D eigenvalue weighted by Gasteiger charge is -2.15. The Morgan fingerprint density at radius 2 is 1.74 bits per heavy atom. The van der Waals surface area contributed by atoms with Crippen LogP contribution in [0.1, 0.15) is 30.5 Å². The number of nitrogens with zero attached hydrogens (tertiary/aromatic N) is 4. The molecule has 4 rings (SSSR count). The van der Waals surface area contributed by atoms with Crippen LogP contribution in [-0.4, -0.2) is 25.2 Å². The van der Waals surface area contributed by atoms with E-state index in [4.69, 9.17) is 0 Å². The number of carbonyl (C=O) groups is 1. The first kappa shape index (κ1) is 20.5. The molecule has 0 aliphatic carbocycles. The summed E-state index contributed by atoms with van der Waals surface area (Å²) in [6.45, 7) is 5.98. The molecule has 7 nitrogen and oxygen atoms in total. The van der Waals surface area contributed by atoms with Crippen LogP contribution in [0.15, 0.2) is 59.8 Å². The van der Waals surface area contributed by atoms with Gasteiger partial charge in [0, 0.05) is 5.69 Å². The van der Waals surface area contributed by atoms with Gasteiger partial charge in [-0.15, -0.1) is 0 Å². The molecule has 0 atom stereocenters. The molecule has 0 aliphatic heterocycles. The summed E-state index contributed by atoms with van der Waals surface area (Å²) >= 11 is 0. The molecule has 4 aromatic rings. The van der Waals surface area contributed by atoms with Gasteiger partial charge in [0.2, 0.25) is 5.91 Å². The molecule has 31 heavy (non-hydrogen) atoms. The van der Waals surface area contributed by atoms with Crippen molar-refractivity contribution in [3.63, 3.8) is 0 Å². The molecule has 1 amide bonds. The van der Waals surface area contributed by atoms with E-state index in [2.05, 4.69) is 29.2 Å². The number of carbonyl (C=O) groups excluding carboxylic acids is 1. The van der Waals surface area contributed by atoms with Crippen molar-refractivity contribution >= 4 is 22.6 Å². The summed E-state index contributed by atoms with van der Waals surface area (Å²) in [5.41, 5.74) is 5.07. The van der Waals surface area contributed by atoms with E-state index in [0.29, 0.717) is 11.0 Å². The highest BCUT2D eigenvalue weighted by Gasteiger charge is 2.15. The van der Waals surface area contributed by atoms with Crippen LogP contribution in [0.5, 0.6) is 0 Å². The van der Waals surface area contributed by atoms with Crippen molar-refractivity contribution in [2.75, 3.05) is 5.32 Å². The average molecular weight is 415 g/mol. The topological polar surface area (TPSA) is 81.8 Å². The van der Waals surface area contributed by atoms with Crippen LogP contribution in [-0.2, 0) is 24.2 Å². The number of hydrogen-bond donors (Lipinski definition) is 1. The Balaban J connectivity index is 1.63. The number of anilines is 1. The monoisotopic (exact) mass is 415 g/mol. The molecule has 1 N–H and O–H groups in total. The number of benzene rings is 2. The summed E-state index contributed by atoms with van der Waals surface area (Å²) in [4.78, 5) is 30.2. The molecule has 2 aromatic carbocycles. The molecular formula is C24H25N5O2. The lowest BCUT2D eigenvalue weighted by Crippen LogP contribution is -2.28. The smallest absolute Gasteiger partial charge is 0.264 e. The zero-order valence-electron chi connectivity index (χ0n) is 17.9. The van der Waals surface area contributed by atoms with E-state index in [-0.39, 0.29) is 18.0 Å². The summed E-state index contributed by atoms with van der Waals surface area (Å²) in [6.07, 6.45) is 4.55. The van der Waals surface area contributed by atoms with Crippen molar-refractivity contribution in [3.8, 4) is 5.69 Å². The molecule has 158 valence electrons. The van der Waals surface area contributed by atoms with Gasteiger partial charge in [0.1, 0.15) is 18.3 Å². The van der Waals surface area contributed by atoms with Gasteiger partial charge in [-0.05, 0) is 42.5 Å². The highest BCUT2D eigenvalue weighted by atomic mass is 16.2. The Bertz CT molecular complexity index is 1300. The third-order valence-electron chi connectivity index (χ3n) is 5.48. The summed E-state index contributed by atoms with van der Waals surface area (Å²) in [6, 6.07) is 13.8. The van der Waals surface area contributed by atoms with Crippen molar-refractivity contribution in [2.45, 2.75) is 40.2 Å². The van der Waals surface area contributed by atoms with E-state index in [1.165, 1.54) is 17.1 Å². The van der Waals surface area contributed by atoms with Gasteiger partial charge in [0.15, 0.2) is 5.65 Å². The minimum atomic E-state index is -0.292. The van der Waals surface area contributed by atoms with Gasteiger partial charge in [-0.25, -0.2) is 9.67 Å². The van der Waals surface area contributed by atoms with E-state index in [1.54, 1.807) is 4.68 Å². The summed E-state index contributed by atoms with van der Waals surface area (Å²) in [7, 11) is 0. The van der Waals surface area contributed by atoms with Crippen LogP contribution in [0.3, 0.4) is 0 Å². The van der Waals surface area contributed by atoms with Gasteiger partial charge < -0.3 is 5.32 Å². The predicted molar refractivity (Wildman–Crippen MR) is 122 cm³/mol. The van der Waals surface area contributed by atoms with Gasteiger partial charge in [0.25, 0.3) is 5.56 Å². The first-order chi connectivity index (χ1) is 15.0. The molecule has 0 radical (unpaired) electrons. The van der Waals surface area contributed by atoms with Crippen molar-refractivity contribution < 1.29 is 4.79 Å². The second kappa shape index (κ2) is 8.55. The van der Waals surface area contributed by atoms with Crippen molar-refractivity contribution in [1.82, 2.24) is 19.3 Å². The number of rotatable bonds is 6. The minimum Gasteiger partial charge on any atom is -0.324 e. The Labute approximate surface area is 180 Å². The lowest BCUT2D eigenvalue weighted by molar-refractivity contribution is -0.116. The standard InChI is InChI=1S/C24H25N5O2/c1-4-17-10-8-11-18(5-2)22(17)27-21(30)14-28-15-25-23-19(24(28)31)13-26-29(23)20-12-7-6-9-16(20)3/h6-13,15H,4-5,14H2,1-3H3,(H,27,30). The van der Waals surface area contributed by atoms with Crippen molar-refractivity contribution in [1.29, 1.82) is 0 Å². The highest BCUT2D eigenvalue weighted by molar-refractivity contribution is 5.92. The van der Waals surface area contributed by atoms with E-state index < -0.39 is 0 Å². The molecule has 2 heterocycles. The van der Waals surface area contributed by atoms with Gasteiger partial charge >= 0.3 is 0 Å². The number of aromatic nitrogens is 4. The van der Waals surface area contributed by atoms with Crippen LogP contribution >= 0.6 is 0 Å². The molecule has 0 unspecified atom stereocenters. The highest BCUT2D eigenvalue weighted by Crippen LogP contribution is 2.22. The number of nitrogens with one attached hydrogen (secondary N) is 1. The van der Waals surface area contributed by atoms with Gasteiger partial charge in [-0.3, -0.25) is 14.2 Å². The molecule has 7 heteroatoms. The molecule has 0 spiro atoms. The zero-order valence-corrected chi connectivity index (χ0v) is 17.9. The summed E-state index contributed by atoms with van der Waals surface area (Å²) in [5.74, 6) is -0.259. The number of hydrogen-bond acceptors (Lipinski definition) is 4. The molecule has 0 aliphatic rings.